The second-order valence-electron chi connectivity index (χ2n) is 5.09. The number of rotatable bonds is 2. The number of benzene rings is 2. The van der Waals surface area contributed by atoms with E-state index in [-0.39, 0.29) is 0 Å². The van der Waals surface area contributed by atoms with Crippen molar-refractivity contribution in [1.29, 1.82) is 0 Å². The largest absolute Gasteiger partial charge is 0.335 e. The molecule has 0 aromatic heterocycles. The number of aliphatic imine (C=N–C) groups is 1. The van der Waals surface area contributed by atoms with Crippen molar-refractivity contribution in [2.75, 3.05) is 11.9 Å². The minimum absolute atomic E-state index is 0.435. The molecule has 0 saturated heterocycles. The molecule has 2 nitrogen and oxygen atoms in total. The van der Waals surface area contributed by atoms with Crippen molar-refractivity contribution in [3.05, 3.63) is 65.2 Å². The zero-order valence-corrected chi connectivity index (χ0v) is 12.6. The standard InChI is InChI=1S/C17H18N2S/c1-12-8-9-15(10-13(12)2)19-17-18-11-16(20-17)14-6-4-3-5-7-14/h3-10,16H,11H2,1-2H3,(H,18,19). The molecule has 0 saturated carbocycles. The molecule has 1 unspecified atom stereocenters. The first-order chi connectivity index (χ1) is 9.72. The summed E-state index contributed by atoms with van der Waals surface area (Å²) in [5.74, 6) is 0. The molecule has 1 aliphatic rings. The number of anilines is 1. The Labute approximate surface area is 124 Å². The van der Waals surface area contributed by atoms with Gasteiger partial charge >= 0.3 is 0 Å². The lowest BCUT2D eigenvalue weighted by molar-refractivity contribution is 0.966. The molecule has 1 N–H and O–H groups in total. The third-order valence-electron chi connectivity index (χ3n) is 3.58. The van der Waals surface area contributed by atoms with Crippen LogP contribution in [-0.4, -0.2) is 11.7 Å². The second kappa shape index (κ2) is 5.71. The molecule has 3 heteroatoms. The first-order valence-corrected chi connectivity index (χ1v) is 7.70. The van der Waals surface area contributed by atoms with Gasteiger partial charge in [0.25, 0.3) is 0 Å². The van der Waals surface area contributed by atoms with E-state index in [2.05, 4.69) is 72.7 Å². The number of thioether (sulfide) groups is 1. The first-order valence-electron chi connectivity index (χ1n) is 6.83. The van der Waals surface area contributed by atoms with Gasteiger partial charge in [0.15, 0.2) is 5.17 Å². The molecule has 0 aliphatic carbocycles. The van der Waals surface area contributed by atoms with Crippen molar-refractivity contribution >= 4 is 22.6 Å². The van der Waals surface area contributed by atoms with Crippen LogP contribution < -0.4 is 5.32 Å². The van der Waals surface area contributed by atoms with Gasteiger partial charge in [0.2, 0.25) is 0 Å². The number of aryl methyl sites for hydroxylation is 2. The molecular formula is C17H18N2S. The van der Waals surface area contributed by atoms with Crippen LogP contribution in [0.25, 0.3) is 0 Å². The van der Waals surface area contributed by atoms with Crippen molar-refractivity contribution in [3.63, 3.8) is 0 Å². The number of hydrogen-bond donors (Lipinski definition) is 1. The molecular weight excluding hydrogens is 264 g/mol. The zero-order valence-electron chi connectivity index (χ0n) is 11.8. The van der Waals surface area contributed by atoms with Crippen LogP contribution in [0.1, 0.15) is 21.9 Å². The fourth-order valence-electron chi connectivity index (χ4n) is 2.23. The van der Waals surface area contributed by atoms with Gasteiger partial charge in [-0.05, 0) is 42.7 Å². The van der Waals surface area contributed by atoms with Crippen molar-refractivity contribution in [2.24, 2.45) is 4.99 Å². The number of nitrogens with zero attached hydrogens (tertiary/aromatic N) is 1. The number of nitrogens with one attached hydrogen (secondary N) is 1. The summed E-state index contributed by atoms with van der Waals surface area (Å²) >= 11 is 1.81. The third kappa shape index (κ3) is 2.88. The van der Waals surface area contributed by atoms with E-state index in [1.54, 1.807) is 0 Å². The fourth-order valence-corrected chi connectivity index (χ4v) is 3.27. The Hall–Kier alpha value is -1.74. The molecule has 1 atom stereocenters. The van der Waals surface area contributed by atoms with Gasteiger partial charge < -0.3 is 5.32 Å². The van der Waals surface area contributed by atoms with Crippen molar-refractivity contribution in [2.45, 2.75) is 19.1 Å². The maximum Gasteiger partial charge on any atom is 0.161 e. The summed E-state index contributed by atoms with van der Waals surface area (Å²) < 4.78 is 0. The molecule has 20 heavy (non-hydrogen) atoms. The molecule has 1 aliphatic heterocycles. The average molecular weight is 282 g/mol. The Morgan fingerprint density at radius 1 is 1.05 bits per heavy atom. The summed E-state index contributed by atoms with van der Waals surface area (Å²) in [7, 11) is 0. The minimum atomic E-state index is 0.435. The monoisotopic (exact) mass is 282 g/mol. The molecule has 102 valence electrons. The van der Waals surface area contributed by atoms with Gasteiger partial charge in [-0.2, -0.15) is 0 Å². The molecule has 0 radical (unpaired) electrons. The minimum Gasteiger partial charge on any atom is -0.335 e. The Bertz CT molecular complexity index is 635. The number of hydrogen-bond acceptors (Lipinski definition) is 3. The second-order valence-corrected chi connectivity index (χ2v) is 6.28. The SMILES string of the molecule is Cc1ccc(NC2=NCC(c3ccccc3)S2)cc1C. The predicted molar refractivity (Wildman–Crippen MR) is 88.6 cm³/mol. The van der Waals surface area contributed by atoms with Crippen LogP contribution in [0.15, 0.2) is 53.5 Å². The smallest absolute Gasteiger partial charge is 0.161 e. The Morgan fingerprint density at radius 2 is 1.85 bits per heavy atom. The van der Waals surface area contributed by atoms with Gasteiger partial charge in [0, 0.05) is 5.69 Å². The Kier molecular flexibility index (Phi) is 3.79. The predicted octanol–water partition coefficient (Wildman–Crippen LogP) is 4.56. The normalized spacial score (nSPS) is 17.9. The molecule has 0 amide bonds. The lowest BCUT2D eigenvalue weighted by atomic mass is 10.1. The number of amidine groups is 1. The van der Waals surface area contributed by atoms with Crippen LogP contribution in [-0.2, 0) is 0 Å². The van der Waals surface area contributed by atoms with Crippen LogP contribution in [0.4, 0.5) is 5.69 Å². The van der Waals surface area contributed by atoms with E-state index in [0.29, 0.717) is 5.25 Å². The first kappa shape index (κ1) is 13.3. The molecule has 0 spiro atoms. The maximum absolute atomic E-state index is 4.61. The molecule has 2 aromatic rings. The van der Waals surface area contributed by atoms with E-state index >= 15 is 0 Å². The summed E-state index contributed by atoms with van der Waals surface area (Å²) in [6.07, 6.45) is 0. The quantitative estimate of drug-likeness (QED) is 0.873. The highest BCUT2D eigenvalue weighted by molar-refractivity contribution is 8.14. The van der Waals surface area contributed by atoms with Crippen LogP contribution in [0.3, 0.4) is 0 Å². The lowest BCUT2D eigenvalue weighted by Crippen LogP contribution is -2.05. The molecule has 0 bridgehead atoms. The Balaban J connectivity index is 1.67. The van der Waals surface area contributed by atoms with Crippen LogP contribution in [0.2, 0.25) is 0 Å². The molecule has 1 heterocycles. The maximum atomic E-state index is 4.61. The highest BCUT2D eigenvalue weighted by atomic mass is 32.2. The zero-order chi connectivity index (χ0) is 13.9. The van der Waals surface area contributed by atoms with E-state index in [1.807, 2.05) is 11.8 Å². The van der Waals surface area contributed by atoms with Gasteiger partial charge in [-0.3, -0.25) is 4.99 Å². The molecule has 2 aromatic carbocycles. The average Bonchev–Trinajstić information content (AvgIpc) is 2.92. The van der Waals surface area contributed by atoms with Gasteiger partial charge in [0.1, 0.15) is 0 Å². The third-order valence-corrected chi connectivity index (χ3v) is 4.74. The summed E-state index contributed by atoms with van der Waals surface area (Å²) in [6.45, 7) is 5.12. The summed E-state index contributed by atoms with van der Waals surface area (Å²) in [5, 5.41) is 4.87. The van der Waals surface area contributed by atoms with E-state index in [4.69, 9.17) is 0 Å². The van der Waals surface area contributed by atoms with Gasteiger partial charge in [-0.1, -0.05) is 48.2 Å². The highest BCUT2D eigenvalue weighted by Crippen LogP contribution is 2.35. The van der Waals surface area contributed by atoms with E-state index in [9.17, 15) is 0 Å². The molecule has 3 rings (SSSR count). The van der Waals surface area contributed by atoms with Crippen LogP contribution in [0.5, 0.6) is 0 Å². The van der Waals surface area contributed by atoms with Crippen LogP contribution >= 0.6 is 11.8 Å². The van der Waals surface area contributed by atoms with Crippen molar-refractivity contribution < 1.29 is 0 Å². The van der Waals surface area contributed by atoms with E-state index in [0.717, 1.165) is 17.4 Å². The highest BCUT2D eigenvalue weighted by Gasteiger charge is 2.21. The van der Waals surface area contributed by atoms with Crippen LogP contribution in [0, 0.1) is 13.8 Å². The Morgan fingerprint density at radius 3 is 2.60 bits per heavy atom. The summed E-state index contributed by atoms with van der Waals surface area (Å²) in [4.78, 5) is 4.61. The van der Waals surface area contributed by atoms with Gasteiger partial charge in [-0.25, -0.2) is 0 Å². The summed E-state index contributed by atoms with van der Waals surface area (Å²) in [5.41, 5.74) is 5.09. The van der Waals surface area contributed by atoms with E-state index in [1.165, 1.54) is 16.7 Å². The lowest BCUT2D eigenvalue weighted by Gasteiger charge is -2.10. The topological polar surface area (TPSA) is 24.4 Å². The van der Waals surface area contributed by atoms with Gasteiger partial charge in [-0.15, -0.1) is 0 Å². The fraction of sp³-hybridized carbons (Fsp3) is 0.235. The molecule has 0 fully saturated rings. The summed E-state index contributed by atoms with van der Waals surface area (Å²) in [6, 6.07) is 17.0. The van der Waals surface area contributed by atoms with Crippen molar-refractivity contribution in [1.82, 2.24) is 0 Å². The van der Waals surface area contributed by atoms with Gasteiger partial charge in [0.05, 0.1) is 11.8 Å². The van der Waals surface area contributed by atoms with E-state index < -0.39 is 0 Å². The van der Waals surface area contributed by atoms with Crippen molar-refractivity contribution in [3.8, 4) is 0 Å².